The van der Waals surface area contributed by atoms with Crippen LogP contribution in [0.15, 0.2) is 24.4 Å². The zero-order valence-electron chi connectivity index (χ0n) is 13.7. The van der Waals surface area contributed by atoms with Gasteiger partial charge in [0.2, 0.25) is 5.88 Å². The van der Waals surface area contributed by atoms with E-state index in [1.54, 1.807) is 6.20 Å². The third kappa shape index (κ3) is 3.67. The Labute approximate surface area is 137 Å². The van der Waals surface area contributed by atoms with Crippen molar-refractivity contribution < 1.29 is 14.2 Å². The van der Waals surface area contributed by atoms with Gasteiger partial charge < -0.3 is 19.1 Å². The fourth-order valence-corrected chi connectivity index (χ4v) is 4.13. The Morgan fingerprint density at radius 2 is 2.22 bits per heavy atom. The van der Waals surface area contributed by atoms with Gasteiger partial charge in [-0.3, -0.25) is 0 Å². The minimum absolute atomic E-state index is 0.00458. The van der Waals surface area contributed by atoms with Crippen molar-refractivity contribution in [1.29, 1.82) is 0 Å². The normalized spacial score (nSPS) is 32.6. The van der Waals surface area contributed by atoms with E-state index in [1.165, 1.54) is 19.4 Å². The van der Waals surface area contributed by atoms with Gasteiger partial charge in [0.1, 0.15) is 6.10 Å². The fraction of sp³-hybridized carbons (Fsp3) is 0.722. The smallest absolute Gasteiger partial charge is 0.213 e. The van der Waals surface area contributed by atoms with Gasteiger partial charge in [-0.15, -0.1) is 0 Å². The lowest BCUT2D eigenvalue weighted by molar-refractivity contribution is 0.00566. The monoisotopic (exact) mass is 318 g/mol. The van der Waals surface area contributed by atoms with Gasteiger partial charge in [0.15, 0.2) is 0 Å². The molecular formula is C18H26N2O3. The van der Waals surface area contributed by atoms with E-state index in [0.717, 1.165) is 45.1 Å². The third-order valence-corrected chi connectivity index (χ3v) is 5.35. The molecule has 3 aliphatic rings. The zero-order valence-corrected chi connectivity index (χ0v) is 13.7. The molecule has 4 rings (SSSR count). The second-order valence-corrected chi connectivity index (χ2v) is 7.15. The highest BCUT2D eigenvalue weighted by Gasteiger charge is 2.46. The Balaban J connectivity index is 1.28. The maximum atomic E-state index is 6.19. The molecule has 1 spiro atoms. The van der Waals surface area contributed by atoms with Crippen molar-refractivity contribution in [2.45, 2.75) is 37.4 Å². The first-order valence-electron chi connectivity index (χ1n) is 8.83. The summed E-state index contributed by atoms with van der Waals surface area (Å²) in [6, 6.07) is 5.78. The Hall–Kier alpha value is -1.17. The van der Waals surface area contributed by atoms with Gasteiger partial charge in [0.05, 0.1) is 12.2 Å². The summed E-state index contributed by atoms with van der Waals surface area (Å²) < 4.78 is 17.6. The summed E-state index contributed by atoms with van der Waals surface area (Å²) in [4.78, 5) is 6.83. The first kappa shape index (κ1) is 15.4. The first-order chi connectivity index (χ1) is 11.3. The van der Waals surface area contributed by atoms with Crippen molar-refractivity contribution in [3.63, 3.8) is 0 Å². The Morgan fingerprint density at radius 1 is 1.30 bits per heavy atom. The van der Waals surface area contributed by atoms with Crippen LogP contribution in [0.3, 0.4) is 0 Å². The van der Waals surface area contributed by atoms with Gasteiger partial charge in [0, 0.05) is 51.5 Å². The second kappa shape index (κ2) is 6.75. The summed E-state index contributed by atoms with van der Waals surface area (Å²) in [5, 5.41) is 0. The van der Waals surface area contributed by atoms with Crippen LogP contribution in [0.5, 0.6) is 5.88 Å². The number of rotatable bonds is 4. The molecule has 1 aromatic rings. The van der Waals surface area contributed by atoms with Crippen molar-refractivity contribution >= 4 is 0 Å². The predicted octanol–water partition coefficient (Wildman–Crippen LogP) is 2.12. The fourth-order valence-electron chi connectivity index (χ4n) is 4.13. The second-order valence-electron chi connectivity index (χ2n) is 7.15. The van der Waals surface area contributed by atoms with Crippen molar-refractivity contribution in [2.75, 3.05) is 39.5 Å². The van der Waals surface area contributed by atoms with Crippen LogP contribution in [-0.2, 0) is 9.47 Å². The molecule has 0 aromatic carbocycles. The molecule has 5 heteroatoms. The molecule has 23 heavy (non-hydrogen) atoms. The molecule has 2 atom stereocenters. The van der Waals surface area contributed by atoms with Crippen molar-refractivity contribution in [2.24, 2.45) is 5.92 Å². The number of ether oxygens (including phenoxy) is 3. The lowest BCUT2D eigenvalue weighted by atomic mass is 9.98. The maximum Gasteiger partial charge on any atom is 0.213 e. The summed E-state index contributed by atoms with van der Waals surface area (Å²) in [5.74, 6) is 1.50. The van der Waals surface area contributed by atoms with Gasteiger partial charge in [-0.2, -0.15) is 0 Å². The van der Waals surface area contributed by atoms with E-state index >= 15 is 0 Å². The number of nitrogens with zero attached hydrogens (tertiary/aromatic N) is 2. The number of aromatic nitrogens is 1. The van der Waals surface area contributed by atoms with Crippen LogP contribution in [-0.4, -0.2) is 61.0 Å². The van der Waals surface area contributed by atoms with E-state index in [9.17, 15) is 0 Å². The van der Waals surface area contributed by atoms with E-state index in [2.05, 4.69) is 9.88 Å². The number of pyridine rings is 1. The average molecular weight is 318 g/mol. The number of likely N-dealkylation sites (tertiary alicyclic amines) is 1. The molecule has 0 unspecified atom stereocenters. The standard InChI is InChI=1S/C18H26N2O3/c1-2-7-19-17(3-1)23-16-11-18(22-13-16)6-8-20(14-18)12-15-4-9-21-10-5-15/h1-3,7,15-16H,4-6,8-14H2/t16-,18+/m1/s1. The van der Waals surface area contributed by atoms with Crippen molar-refractivity contribution in [3.8, 4) is 5.88 Å². The molecule has 126 valence electrons. The molecule has 0 saturated carbocycles. The van der Waals surface area contributed by atoms with Crippen molar-refractivity contribution in [3.05, 3.63) is 24.4 Å². The minimum Gasteiger partial charge on any atom is -0.472 e. The molecular weight excluding hydrogens is 292 g/mol. The highest BCUT2D eigenvalue weighted by molar-refractivity contribution is 5.10. The molecule has 1 aromatic heterocycles. The van der Waals surface area contributed by atoms with Gasteiger partial charge in [-0.25, -0.2) is 4.98 Å². The molecule has 0 N–H and O–H groups in total. The quantitative estimate of drug-likeness (QED) is 0.851. The highest BCUT2D eigenvalue weighted by Crippen LogP contribution is 2.37. The molecule has 3 saturated heterocycles. The summed E-state index contributed by atoms with van der Waals surface area (Å²) in [6.07, 6.45) is 6.41. The van der Waals surface area contributed by atoms with E-state index < -0.39 is 0 Å². The largest absolute Gasteiger partial charge is 0.472 e. The molecule has 3 aliphatic heterocycles. The summed E-state index contributed by atoms with van der Waals surface area (Å²) in [5.41, 5.74) is 0.00458. The van der Waals surface area contributed by atoms with Gasteiger partial charge in [-0.1, -0.05) is 6.07 Å². The minimum atomic E-state index is 0.00458. The summed E-state index contributed by atoms with van der Waals surface area (Å²) in [7, 11) is 0. The summed E-state index contributed by atoms with van der Waals surface area (Å²) in [6.45, 7) is 5.93. The zero-order chi connectivity index (χ0) is 15.5. The Kier molecular flexibility index (Phi) is 4.51. The molecule has 0 bridgehead atoms. The Morgan fingerprint density at radius 3 is 3.04 bits per heavy atom. The van der Waals surface area contributed by atoms with E-state index in [1.807, 2.05) is 18.2 Å². The van der Waals surface area contributed by atoms with E-state index in [0.29, 0.717) is 12.5 Å². The highest BCUT2D eigenvalue weighted by atomic mass is 16.6. The van der Waals surface area contributed by atoms with Crippen LogP contribution >= 0.6 is 0 Å². The molecule has 3 fully saturated rings. The molecule has 0 aliphatic carbocycles. The van der Waals surface area contributed by atoms with E-state index in [4.69, 9.17) is 14.2 Å². The molecule has 0 radical (unpaired) electrons. The predicted molar refractivity (Wildman–Crippen MR) is 86.6 cm³/mol. The lowest BCUT2D eigenvalue weighted by Crippen LogP contribution is -2.36. The van der Waals surface area contributed by atoms with Crippen LogP contribution in [0, 0.1) is 5.92 Å². The summed E-state index contributed by atoms with van der Waals surface area (Å²) >= 11 is 0. The van der Waals surface area contributed by atoms with Crippen LogP contribution < -0.4 is 4.74 Å². The van der Waals surface area contributed by atoms with Crippen LogP contribution in [0.25, 0.3) is 0 Å². The van der Waals surface area contributed by atoms with E-state index in [-0.39, 0.29) is 11.7 Å². The third-order valence-electron chi connectivity index (χ3n) is 5.35. The van der Waals surface area contributed by atoms with Crippen LogP contribution in [0.2, 0.25) is 0 Å². The lowest BCUT2D eigenvalue weighted by Gasteiger charge is -2.28. The topological polar surface area (TPSA) is 43.8 Å². The Bertz CT molecular complexity index is 506. The SMILES string of the molecule is c1ccc(O[C@H]2CO[C@@]3(CCN(CC4CCOCC4)C3)C2)nc1. The van der Waals surface area contributed by atoms with Crippen molar-refractivity contribution in [1.82, 2.24) is 9.88 Å². The first-order valence-corrected chi connectivity index (χ1v) is 8.83. The molecule has 5 nitrogen and oxygen atoms in total. The molecule has 0 amide bonds. The van der Waals surface area contributed by atoms with Crippen LogP contribution in [0.1, 0.15) is 25.7 Å². The van der Waals surface area contributed by atoms with Gasteiger partial charge >= 0.3 is 0 Å². The number of hydrogen-bond donors (Lipinski definition) is 0. The molecule has 4 heterocycles. The van der Waals surface area contributed by atoms with Gasteiger partial charge in [-0.05, 0) is 31.2 Å². The average Bonchev–Trinajstić information content (AvgIpc) is 3.16. The van der Waals surface area contributed by atoms with Crippen LogP contribution in [0.4, 0.5) is 0 Å². The van der Waals surface area contributed by atoms with Gasteiger partial charge in [0.25, 0.3) is 0 Å². The maximum absolute atomic E-state index is 6.19. The number of hydrogen-bond acceptors (Lipinski definition) is 5.